The van der Waals surface area contributed by atoms with Crippen molar-refractivity contribution in [3.63, 3.8) is 0 Å². The van der Waals surface area contributed by atoms with Crippen LogP contribution in [0.2, 0.25) is 0 Å². The molecule has 0 spiro atoms. The topological polar surface area (TPSA) is 66.5 Å². The summed E-state index contributed by atoms with van der Waals surface area (Å²) < 4.78 is 0. The summed E-state index contributed by atoms with van der Waals surface area (Å²) in [6.45, 7) is 0.884. The summed E-state index contributed by atoms with van der Waals surface area (Å²) in [5.74, 6) is -1.28. The van der Waals surface area contributed by atoms with Gasteiger partial charge in [-0.15, -0.1) is 0 Å². The highest BCUT2D eigenvalue weighted by molar-refractivity contribution is 6.42. The summed E-state index contributed by atoms with van der Waals surface area (Å²) in [6, 6.07) is 22.2. The molecule has 4 rings (SSSR count). The van der Waals surface area contributed by atoms with E-state index in [4.69, 9.17) is 0 Å². The van der Waals surface area contributed by atoms with Crippen molar-refractivity contribution in [1.82, 2.24) is 10.2 Å². The molecule has 3 aromatic carbocycles. The highest BCUT2D eigenvalue weighted by Crippen LogP contribution is 2.22. The lowest BCUT2D eigenvalue weighted by atomic mass is 10.0. The predicted molar refractivity (Wildman–Crippen MR) is 107 cm³/mol. The van der Waals surface area contributed by atoms with E-state index in [1.807, 2.05) is 42.5 Å². The normalized spacial score (nSPS) is 16.4. The maximum absolute atomic E-state index is 12.4. The number of nitrogens with zero attached hydrogens (tertiary/aromatic N) is 1. The van der Waals surface area contributed by atoms with Gasteiger partial charge in [-0.1, -0.05) is 72.8 Å². The highest BCUT2D eigenvalue weighted by Gasteiger charge is 2.32. The van der Waals surface area contributed by atoms with Crippen LogP contribution in [0.1, 0.15) is 22.3 Å². The molecular weight excluding hydrogens is 352 g/mol. The molecule has 1 saturated heterocycles. The van der Waals surface area contributed by atoms with Crippen molar-refractivity contribution < 1.29 is 14.4 Å². The lowest BCUT2D eigenvalue weighted by Gasteiger charge is -2.18. The first-order valence-corrected chi connectivity index (χ1v) is 9.26. The zero-order valence-electron chi connectivity index (χ0n) is 15.3. The third-order valence-corrected chi connectivity index (χ3v) is 5.03. The van der Waals surface area contributed by atoms with E-state index in [9.17, 15) is 14.4 Å². The first-order valence-electron chi connectivity index (χ1n) is 9.26. The minimum atomic E-state index is -0.670. The molecule has 5 heteroatoms. The second kappa shape index (κ2) is 7.64. The molecule has 0 aromatic heterocycles. The van der Waals surface area contributed by atoms with Crippen molar-refractivity contribution in [3.8, 4) is 0 Å². The second-order valence-corrected chi connectivity index (χ2v) is 6.98. The van der Waals surface area contributed by atoms with Crippen LogP contribution in [0.3, 0.4) is 0 Å². The van der Waals surface area contributed by atoms with Gasteiger partial charge in [-0.3, -0.25) is 14.4 Å². The molecule has 1 aliphatic rings. The first kappa shape index (κ1) is 17.9. The Morgan fingerprint density at radius 1 is 0.929 bits per heavy atom. The van der Waals surface area contributed by atoms with E-state index < -0.39 is 11.7 Å². The van der Waals surface area contributed by atoms with Crippen LogP contribution in [0.25, 0.3) is 10.8 Å². The molecule has 1 unspecified atom stereocenters. The Hall–Kier alpha value is -3.47. The Morgan fingerprint density at radius 2 is 1.64 bits per heavy atom. The fourth-order valence-corrected chi connectivity index (χ4v) is 3.63. The SMILES string of the molecule is O=C(NC1CC(=O)N(Cc2cccc3ccccc23)C1)C(=O)c1ccccc1. The highest BCUT2D eigenvalue weighted by atomic mass is 16.2. The number of rotatable bonds is 5. The van der Waals surface area contributed by atoms with Gasteiger partial charge in [0, 0.05) is 25.1 Å². The van der Waals surface area contributed by atoms with Gasteiger partial charge in [0.25, 0.3) is 5.91 Å². The van der Waals surface area contributed by atoms with E-state index in [1.54, 1.807) is 35.2 Å². The lowest BCUT2D eigenvalue weighted by Crippen LogP contribution is -2.40. The predicted octanol–water partition coefficient (Wildman–Crippen LogP) is 2.94. The summed E-state index contributed by atoms with van der Waals surface area (Å²) in [7, 11) is 0. The molecule has 3 aromatic rings. The van der Waals surface area contributed by atoms with Gasteiger partial charge >= 0.3 is 0 Å². The molecule has 5 nitrogen and oxygen atoms in total. The minimum absolute atomic E-state index is 0.0228. The number of carbonyl (C=O) groups excluding carboxylic acids is 3. The second-order valence-electron chi connectivity index (χ2n) is 6.98. The summed E-state index contributed by atoms with van der Waals surface area (Å²) in [6.07, 6.45) is 0.207. The monoisotopic (exact) mass is 372 g/mol. The molecule has 0 aliphatic carbocycles. The zero-order chi connectivity index (χ0) is 19.5. The van der Waals surface area contributed by atoms with Crippen LogP contribution < -0.4 is 5.32 Å². The number of amides is 2. The molecule has 1 aliphatic heterocycles. The number of hydrogen-bond donors (Lipinski definition) is 1. The van der Waals surface area contributed by atoms with Gasteiger partial charge in [0.1, 0.15) is 0 Å². The summed E-state index contributed by atoms with van der Waals surface area (Å²) in [5.41, 5.74) is 1.41. The molecule has 1 atom stereocenters. The van der Waals surface area contributed by atoms with Gasteiger partial charge in [0.05, 0.1) is 6.04 Å². The number of ketones is 1. The van der Waals surface area contributed by atoms with E-state index in [2.05, 4.69) is 5.32 Å². The molecule has 0 saturated carbocycles. The van der Waals surface area contributed by atoms with Crippen LogP contribution >= 0.6 is 0 Å². The third kappa shape index (κ3) is 3.64. The molecule has 140 valence electrons. The maximum atomic E-state index is 12.4. The molecule has 28 heavy (non-hydrogen) atoms. The third-order valence-electron chi connectivity index (χ3n) is 5.03. The van der Waals surface area contributed by atoms with Crippen molar-refractivity contribution in [2.24, 2.45) is 0 Å². The Bertz CT molecular complexity index is 1040. The molecule has 0 bridgehead atoms. The van der Waals surface area contributed by atoms with Crippen molar-refractivity contribution >= 4 is 28.4 Å². The minimum Gasteiger partial charge on any atom is -0.344 e. The van der Waals surface area contributed by atoms with Gasteiger partial charge < -0.3 is 10.2 Å². The van der Waals surface area contributed by atoms with Gasteiger partial charge in [-0.2, -0.15) is 0 Å². The van der Waals surface area contributed by atoms with Gasteiger partial charge in [-0.25, -0.2) is 0 Å². The number of benzene rings is 3. The Morgan fingerprint density at radius 3 is 2.46 bits per heavy atom. The van der Waals surface area contributed by atoms with Gasteiger partial charge in [0.2, 0.25) is 11.7 Å². The Labute approximate surface area is 163 Å². The molecule has 1 N–H and O–H groups in total. The quantitative estimate of drug-likeness (QED) is 0.553. The number of carbonyl (C=O) groups is 3. The van der Waals surface area contributed by atoms with Crippen LogP contribution in [0.5, 0.6) is 0 Å². The lowest BCUT2D eigenvalue weighted by molar-refractivity contribution is -0.128. The summed E-state index contributed by atoms with van der Waals surface area (Å²) >= 11 is 0. The average Bonchev–Trinajstić information content (AvgIpc) is 3.07. The summed E-state index contributed by atoms with van der Waals surface area (Å²) in [4.78, 5) is 38.6. The number of nitrogens with one attached hydrogen (secondary N) is 1. The fourth-order valence-electron chi connectivity index (χ4n) is 3.63. The van der Waals surface area contributed by atoms with Crippen LogP contribution in [0, 0.1) is 0 Å². The van der Waals surface area contributed by atoms with Crippen LogP contribution in [-0.2, 0) is 16.1 Å². The number of fused-ring (bicyclic) bond motifs is 1. The molecule has 2 amide bonds. The first-order chi connectivity index (χ1) is 13.6. The number of hydrogen-bond acceptors (Lipinski definition) is 3. The van der Waals surface area contributed by atoms with Gasteiger partial charge in [-0.05, 0) is 16.3 Å². The van der Waals surface area contributed by atoms with E-state index in [-0.39, 0.29) is 18.4 Å². The summed E-state index contributed by atoms with van der Waals surface area (Å²) in [5, 5.41) is 4.95. The molecule has 0 radical (unpaired) electrons. The van der Waals surface area contributed by atoms with Crippen molar-refractivity contribution in [2.45, 2.75) is 19.0 Å². The van der Waals surface area contributed by atoms with Crippen LogP contribution in [-0.4, -0.2) is 35.1 Å². The van der Waals surface area contributed by atoms with E-state index in [0.29, 0.717) is 18.7 Å². The number of likely N-dealkylation sites (tertiary alicyclic amines) is 1. The smallest absolute Gasteiger partial charge is 0.292 e. The van der Waals surface area contributed by atoms with Crippen LogP contribution in [0.4, 0.5) is 0 Å². The average molecular weight is 372 g/mol. The van der Waals surface area contributed by atoms with Crippen molar-refractivity contribution in [1.29, 1.82) is 0 Å². The van der Waals surface area contributed by atoms with Crippen LogP contribution in [0.15, 0.2) is 72.8 Å². The Kier molecular flexibility index (Phi) is 4.89. The van der Waals surface area contributed by atoms with E-state index in [0.717, 1.165) is 16.3 Å². The van der Waals surface area contributed by atoms with E-state index >= 15 is 0 Å². The largest absolute Gasteiger partial charge is 0.344 e. The van der Waals surface area contributed by atoms with Crippen molar-refractivity contribution in [3.05, 3.63) is 83.9 Å². The molecule has 1 heterocycles. The molecule has 1 fully saturated rings. The zero-order valence-corrected chi connectivity index (χ0v) is 15.3. The molecular formula is C23H20N2O3. The number of Topliss-reactive ketones (excluding diaryl/α,β-unsaturated/α-hetero) is 1. The Balaban J connectivity index is 1.43. The fraction of sp³-hybridized carbons (Fsp3) is 0.174. The van der Waals surface area contributed by atoms with E-state index in [1.165, 1.54) is 0 Å². The van der Waals surface area contributed by atoms with Gasteiger partial charge in [0.15, 0.2) is 0 Å². The van der Waals surface area contributed by atoms with Crippen molar-refractivity contribution in [2.75, 3.05) is 6.54 Å². The standard InChI is InChI=1S/C23H20N2O3/c26-21-13-19(24-23(28)22(27)17-8-2-1-3-9-17)15-25(21)14-18-11-6-10-16-7-4-5-12-20(16)18/h1-12,19H,13-15H2,(H,24,28). The maximum Gasteiger partial charge on any atom is 0.292 e.